The highest BCUT2D eigenvalue weighted by molar-refractivity contribution is 5.75. The lowest BCUT2D eigenvalue weighted by atomic mass is 9.99. The molecule has 172 valence electrons. The number of carbonyl (C=O) groups is 2. The molecule has 1 aromatic heterocycles. The van der Waals surface area contributed by atoms with E-state index in [-0.39, 0.29) is 24.3 Å². The van der Waals surface area contributed by atoms with Crippen molar-refractivity contribution in [2.24, 2.45) is 0 Å². The standard InChI is InChI=1S/C18H25N3O3.C2HF3O2/c1-2-10-23-13-15-5-6-16-17(24-15)7-9-21(16)18(22)20-12-14-4-3-8-19-11-14;3-2(4,5)1(6)7/h2-4,8,11,15-17H,1,5-7,9-10,12-13H2,(H,20,22);(H,6,7)/t15-,16-,17-;/m0./s1. The van der Waals surface area contributed by atoms with E-state index in [2.05, 4.69) is 16.9 Å². The number of nitrogens with zero attached hydrogens (tertiary/aromatic N) is 2. The second-order valence-electron chi connectivity index (χ2n) is 7.07. The predicted molar refractivity (Wildman–Crippen MR) is 104 cm³/mol. The fourth-order valence-corrected chi connectivity index (χ4v) is 3.44. The number of alkyl halides is 3. The van der Waals surface area contributed by atoms with Crippen molar-refractivity contribution >= 4 is 12.0 Å². The van der Waals surface area contributed by atoms with Gasteiger partial charge in [0.05, 0.1) is 31.5 Å². The number of hydrogen-bond donors (Lipinski definition) is 2. The van der Waals surface area contributed by atoms with E-state index >= 15 is 0 Å². The van der Waals surface area contributed by atoms with Crippen LogP contribution in [0, 0.1) is 0 Å². The second kappa shape index (κ2) is 11.7. The number of fused-ring (bicyclic) bond motifs is 1. The van der Waals surface area contributed by atoms with E-state index in [4.69, 9.17) is 19.4 Å². The van der Waals surface area contributed by atoms with Crippen LogP contribution in [0.15, 0.2) is 37.2 Å². The molecule has 3 atom stereocenters. The molecule has 0 spiro atoms. The maximum absolute atomic E-state index is 12.5. The minimum atomic E-state index is -5.08. The number of ether oxygens (including phenoxy) is 2. The van der Waals surface area contributed by atoms with Gasteiger partial charge in [0.25, 0.3) is 0 Å². The number of carbonyl (C=O) groups excluding carboxylic acids is 1. The first kappa shape index (κ1) is 24.6. The van der Waals surface area contributed by atoms with E-state index in [9.17, 15) is 18.0 Å². The average Bonchev–Trinajstić information content (AvgIpc) is 3.16. The summed E-state index contributed by atoms with van der Waals surface area (Å²) in [6.45, 7) is 6.04. The molecule has 11 heteroatoms. The number of rotatable bonds is 6. The number of likely N-dealkylation sites (tertiary alicyclic amines) is 1. The van der Waals surface area contributed by atoms with Gasteiger partial charge >= 0.3 is 18.2 Å². The summed E-state index contributed by atoms with van der Waals surface area (Å²) in [6, 6.07) is 3.99. The van der Waals surface area contributed by atoms with Gasteiger partial charge in [-0.25, -0.2) is 9.59 Å². The molecule has 0 saturated carbocycles. The van der Waals surface area contributed by atoms with Gasteiger partial charge < -0.3 is 24.8 Å². The number of nitrogens with one attached hydrogen (secondary N) is 1. The van der Waals surface area contributed by atoms with Crippen LogP contribution in [-0.4, -0.2) is 71.2 Å². The number of carboxylic acids is 1. The molecule has 2 amide bonds. The molecule has 0 radical (unpaired) electrons. The molecule has 8 nitrogen and oxygen atoms in total. The Morgan fingerprint density at radius 2 is 2.13 bits per heavy atom. The second-order valence-corrected chi connectivity index (χ2v) is 7.07. The number of aliphatic carboxylic acids is 1. The van der Waals surface area contributed by atoms with Crippen LogP contribution in [0.5, 0.6) is 0 Å². The van der Waals surface area contributed by atoms with E-state index in [1.54, 1.807) is 18.5 Å². The Balaban J connectivity index is 0.000000423. The number of amides is 2. The maximum atomic E-state index is 12.5. The average molecular weight is 445 g/mol. The zero-order valence-corrected chi connectivity index (χ0v) is 16.9. The SMILES string of the molecule is C=CCOC[C@@H]1CC[C@H]2[C@H](CCN2C(=O)NCc2cccnc2)O1.O=C(O)C(F)(F)F. The summed E-state index contributed by atoms with van der Waals surface area (Å²) >= 11 is 0. The zero-order chi connectivity index (χ0) is 22.9. The van der Waals surface area contributed by atoms with Gasteiger partial charge in [-0.3, -0.25) is 4.98 Å². The summed E-state index contributed by atoms with van der Waals surface area (Å²) in [5, 5.41) is 10.1. The molecule has 2 fully saturated rings. The van der Waals surface area contributed by atoms with Crippen molar-refractivity contribution in [1.82, 2.24) is 15.2 Å². The molecule has 0 aromatic carbocycles. The van der Waals surface area contributed by atoms with E-state index < -0.39 is 12.1 Å². The summed E-state index contributed by atoms with van der Waals surface area (Å²) in [7, 11) is 0. The van der Waals surface area contributed by atoms with Crippen molar-refractivity contribution < 1.29 is 37.3 Å². The molecule has 3 heterocycles. The Kier molecular flexibility index (Phi) is 9.25. The Morgan fingerprint density at radius 3 is 2.74 bits per heavy atom. The van der Waals surface area contributed by atoms with Gasteiger partial charge in [-0.05, 0) is 30.9 Å². The van der Waals surface area contributed by atoms with Crippen LogP contribution < -0.4 is 5.32 Å². The lowest BCUT2D eigenvalue weighted by Gasteiger charge is -2.35. The van der Waals surface area contributed by atoms with Crippen molar-refractivity contribution in [3.8, 4) is 0 Å². The summed E-state index contributed by atoms with van der Waals surface area (Å²) < 4.78 is 43.3. The van der Waals surface area contributed by atoms with E-state index in [1.807, 2.05) is 17.0 Å². The highest BCUT2D eigenvalue weighted by Crippen LogP contribution is 2.31. The normalized spacial score (nSPS) is 22.7. The zero-order valence-electron chi connectivity index (χ0n) is 16.9. The van der Waals surface area contributed by atoms with E-state index in [1.165, 1.54) is 0 Å². The summed E-state index contributed by atoms with van der Waals surface area (Å²) in [6.07, 6.45) is 3.19. The molecular weight excluding hydrogens is 419 g/mol. The van der Waals surface area contributed by atoms with Crippen molar-refractivity contribution in [2.75, 3.05) is 19.8 Å². The number of hydrogen-bond acceptors (Lipinski definition) is 5. The van der Waals surface area contributed by atoms with Gasteiger partial charge in [0.15, 0.2) is 0 Å². The van der Waals surface area contributed by atoms with E-state index in [0.717, 1.165) is 31.4 Å². The van der Waals surface area contributed by atoms with Crippen LogP contribution in [0.4, 0.5) is 18.0 Å². The smallest absolute Gasteiger partial charge is 0.475 e. The predicted octanol–water partition coefficient (Wildman–Crippen LogP) is 2.75. The van der Waals surface area contributed by atoms with Crippen LogP contribution in [0.3, 0.4) is 0 Å². The Labute approximate surface area is 178 Å². The van der Waals surface area contributed by atoms with E-state index in [0.29, 0.717) is 19.8 Å². The quantitative estimate of drug-likeness (QED) is 0.516. The van der Waals surface area contributed by atoms with Crippen molar-refractivity contribution in [1.29, 1.82) is 0 Å². The fourth-order valence-electron chi connectivity index (χ4n) is 3.44. The number of aromatic nitrogens is 1. The molecule has 31 heavy (non-hydrogen) atoms. The minimum absolute atomic E-state index is 0.0173. The fraction of sp³-hybridized carbons (Fsp3) is 0.550. The summed E-state index contributed by atoms with van der Waals surface area (Å²) in [4.78, 5) is 27.3. The lowest BCUT2D eigenvalue weighted by Crippen LogP contribution is -2.48. The Bertz CT molecular complexity index is 733. The third-order valence-electron chi connectivity index (χ3n) is 4.84. The maximum Gasteiger partial charge on any atom is 0.490 e. The molecule has 0 aliphatic carbocycles. The van der Waals surface area contributed by atoms with Crippen LogP contribution in [0.25, 0.3) is 0 Å². The topological polar surface area (TPSA) is 101 Å². The van der Waals surface area contributed by atoms with Gasteiger partial charge in [-0.1, -0.05) is 12.1 Å². The highest BCUT2D eigenvalue weighted by Gasteiger charge is 2.42. The molecule has 2 saturated heterocycles. The van der Waals surface area contributed by atoms with Crippen LogP contribution >= 0.6 is 0 Å². The van der Waals surface area contributed by atoms with Crippen LogP contribution in [-0.2, 0) is 20.8 Å². The lowest BCUT2D eigenvalue weighted by molar-refractivity contribution is -0.192. The molecule has 2 aliphatic heterocycles. The number of pyridine rings is 1. The van der Waals surface area contributed by atoms with Crippen LogP contribution in [0.1, 0.15) is 24.8 Å². The monoisotopic (exact) mass is 445 g/mol. The first-order valence-electron chi connectivity index (χ1n) is 9.80. The molecule has 0 bridgehead atoms. The molecule has 0 unspecified atom stereocenters. The van der Waals surface area contributed by atoms with Crippen molar-refractivity contribution in [2.45, 2.75) is 50.2 Å². The first-order chi connectivity index (χ1) is 14.7. The number of carboxylic acid groups (broad SMARTS) is 1. The van der Waals surface area contributed by atoms with Crippen LogP contribution in [0.2, 0.25) is 0 Å². The van der Waals surface area contributed by atoms with Gasteiger partial charge in [0.1, 0.15) is 0 Å². The minimum Gasteiger partial charge on any atom is -0.475 e. The molecular formula is C20H26F3N3O5. The Morgan fingerprint density at radius 1 is 1.39 bits per heavy atom. The summed E-state index contributed by atoms with van der Waals surface area (Å²) in [5.41, 5.74) is 1.00. The largest absolute Gasteiger partial charge is 0.490 e. The van der Waals surface area contributed by atoms with Gasteiger partial charge in [-0.15, -0.1) is 6.58 Å². The van der Waals surface area contributed by atoms with Gasteiger partial charge in [0.2, 0.25) is 0 Å². The third-order valence-corrected chi connectivity index (χ3v) is 4.84. The molecule has 2 aliphatic rings. The first-order valence-corrected chi connectivity index (χ1v) is 9.80. The highest BCUT2D eigenvalue weighted by atomic mass is 19.4. The number of halogens is 3. The molecule has 2 N–H and O–H groups in total. The summed E-state index contributed by atoms with van der Waals surface area (Å²) in [5.74, 6) is -2.76. The van der Waals surface area contributed by atoms with Crippen molar-refractivity contribution in [3.05, 3.63) is 42.7 Å². The number of urea groups is 1. The molecule has 3 rings (SSSR count). The van der Waals surface area contributed by atoms with Gasteiger partial charge in [-0.2, -0.15) is 13.2 Å². The third kappa shape index (κ3) is 7.83. The van der Waals surface area contributed by atoms with Crippen molar-refractivity contribution in [3.63, 3.8) is 0 Å². The van der Waals surface area contributed by atoms with Gasteiger partial charge in [0, 0.05) is 25.5 Å². The Hall–Kier alpha value is -2.66. The molecule has 1 aromatic rings.